The number of carbonyl (C=O) groups is 2. The number of aliphatic hydroxyl groups is 3. The van der Waals surface area contributed by atoms with E-state index >= 15 is 0 Å². The third-order valence-electron chi connectivity index (χ3n) is 10.4. The maximum atomic E-state index is 12.8. The van der Waals surface area contributed by atoms with Crippen LogP contribution in [0.5, 0.6) is 0 Å². The lowest BCUT2D eigenvalue weighted by atomic mass is 10.00. The average molecular weight is 921 g/mol. The largest absolute Gasteiger partial charge is 0.462 e. The van der Waals surface area contributed by atoms with Gasteiger partial charge in [-0.05, 0) is 89.9 Å². The van der Waals surface area contributed by atoms with Gasteiger partial charge in [0.15, 0.2) is 12.4 Å². The molecule has 0 saturated carbocycles. The lowest BCUT2D eigenvalue weighted by molar-refractivity contribution is -0.297. The summed E-state index contributed by atoms with van der Waals surface area (Å²) in [6.45, 7) is 3.64. The molecule has 0 spiro atoms. The van der Waals surface area contributed by atoms with Gasteiger partial charge in [0.1, 0.15) is 36.8 Å². The Morgan fingerprint density at radius 1 is 0.531 bits per heavy atom. The second-order valence-corrected chi connectivity index (χ2v) is 17.9. The molecule has 1 fully saturated rings. The van der Waals surface area contributed by atoms with Gasteiger partial charge in [0, 0.05) is 12.8 Å². The van der Waals surface area contributed by atoms with Crippen LogP contribution in [-0.2, 0) is 38.7 Å². The van der Waals surface area contributed by atoms with Crippen molar-refractivity contribution >= 4 is 22.1 Å². The summed E-state index contributed by atoms with van der Waals surface area (Å²) in [6, 6.07) is 0. The Kier molecular flexibility index (Phi) is 36.9. The Bertz CT molecular complexity index is 1500. The Hall–Kier alpha value is -3.17. The highest BCUT2D eigenvalue weighted by Crippen LogP contribution is 2.24. The molecule has 1 rings (SSSR count). The van der Waals surface area contributed by atoms with Gasteiger partial charge in [-0.15, -0.1) is 0 Å². The second-order valence-electron chi connectivity index (χ2n) is 16.4. The van der Waals surface area contributed by atoms with Gasteiger partial charge < -0.3 is 34.3 Å². The Balaban J connectivity index is 2.50. The molecular weight excluding hydrogens is 837 g/mol. The molecule has 64 heavy (non-hydrogen) atoms. The number of esters is 2. The van der Waals surface area contributed by atoms with Crippen LogP contribution < -0.4 is 0 Å². The van der Waals surface area contributed by atoms with Crippen LogP contribution in [-0.4, -0.2) is 96.0 Å². The number of allylic oxidation sites excluding steroid dienone is 14. The minimum atomic E-state index is -4.62. The zero-order valence-electron chi connectivity index (χ0n) is 39.1. The van der Waals surface area contributed by atoms with E-state index in [1.54, 1.807) is 0 Å². The number of unbranched alkanes of at least 4 members (excludes halogenated alkanes) is 13. The van der Waals surface area contributed by atoms with Crippen molar-refractivity contribution in [3.8, 4) is 0 Å². The Morgan fingerprint density at radius 3 is 1.47 bits per heavy atom. The number of aliphatic hydroxyl groups excluding tert-OH is 3. The standard InChI is InChI=1S/C51H84O12S/c1-3-5-7-9-11-13-15-17-19-20-21-22-23-24-26-28-30-32-34-36-38-40-47(53)62-44(42-61-51-50(56)49(55)48(54)45(63-51)43-64(57,58)59)41-60-46(52)39-37-35-33-31-29-27-25-18-16-14-12-10-8-6-4-2/h12,14,18-20,22-23,25-26,28-29,31-32,34,44-45,48-51,54-56H,3-11,13,15-17,21,24,27,30,33,35-43H2,1-2H3,(H,57,58,59)/b14-12+,20-19+,23-22+,25-18+,28-26+,31-29+,34-32+/t44-,45-,48-,49?,50?,51+/m1/s1. The molecule has 0 radical (unpaired) electrons. The van der Waals surface area contributed by atoms with Crippen LogP contribution in [0.1, 0.15) is 168 Å². The van der Waals surface area contributed by atoms with Crippen molar-refractivity contribution < 1.29 is 56.8 Å². The predicted octanol–water partition coefficient (Wildman–Crippen LogP) is 10.4. The van der Waals surface area contributed by atoms with Gasteiger partial charge in [0.2, 0.25) is 0 Å². The van der Waals surface area contributed by atoms with E-state index in [9.17, 15) is 37.9 Å². The highest BCUT2D eigenvalue weighted by molar-refractivity contribution is 7.85. The SMILES string of the molecule is CCCCC/C=C/C/C=C/C/C=C/CCCCC(=O)OC[C@H](CO[C@H]1O[C@H](CS(=O)(=O)O)[C@@H](O)C(O)C1O)OC(=O)CCC/C=C/C/C=C/C/C=C/C/C=C/CCCCCCCCC. The molecule has 366 valence electrons. The average Bonchev–Trinajstić information content (AvgIpc) is 3.26. The van der Waals surface area contributed by atoms with E-state index in [1.165, 1.54) is 64.2 Å². The van der Waals surface area contributed by atoms with Gasteiger partial charge in [-0.1, -0.05) is 150 Å². The van der Waals surface area contributed by atoms with E-state index in [2.05, 4.69) is 86.8 Å². The molecular formula is C51H84O12S. The van der Waals surface area contributed by atoms with Crippen molar-refractivity contribution in [2.75, 3.05) is 19.0 Å². The van der Waals surface area contributed by atoms with Gasteiger partial charge in [-0.2, -0.15) is 8.42 Å². The normalized spacial score (nSPS) is 20.4. The minimum absolute atomic E-state index is 0.0757. The molecule has 1 aliphatic heterocycles. The van der Waals surface area contributed by atoms with E-state index < -0.39 is 71.2 Å². The third kappa shape index (κ3) is 34.2. The Morgan fingerprint density at radius 2 is 0.953 bits per heavy atom. The minimum Gasteiger partial charge on any atom is -0.462 e. The van der Waals surface area contributed by atoms with Crippen molar-refractivity contribution in [1.29, 1.82) is 0 Å². The highest BCUT2D eigenvalue weighted by atomic mass is 32.2. The summed E-state index contributed by atoms with van der Waals surface area (Å²) in [5.74, 6) is -2.12. The van der Waals surface area contributed by atoms with Crippen molar-refractivity contribution in [2.24, 2.45) is 0 Å². The van der Waals surface area contributed by atoms with E-state index in [-0.39, 0.29) is 19.4 Å². The van der Waals surface area contributed by atoms with Gasteiger partial charge in [0.05, 0.1) is 6.61 Å². The smallest absolute Gasteiger partial charge is 0.306 e. The topological polar surface area (TPSA) is 186 Å². The van der Waals surface area contributed by atoms with Crippen LogP contribution in [0.25, 0.3) is 0 Å². The first-order valence-corrected chi connectivity index (χ1v) is 25.8. The maximum absolute atomic E-state index is 12.8. The van der Waals surface area contributed by atoms with Gasteiger partial charge in [-0.25, -0.2) is 0 Å². The number of ether oxygens (including phenoxy) is 4. The molecule has 0 amide bonds. The first-order chi connectivity index (χ1) is 31.0. The maximum Gasteiger partial charge on any atom is 0.306 e. The first kappa shape index (κ1) is 58.8. The molecule has 1 saturated heterocycles. The molecule has 2 unspecified atom stereocenters. The molecule has 0 aliphatic carbocycles. The predicted molar refractivity (Wildman–Crippen MR) is 256 cm³/mol. The molecule has 13 heteroatoms. The van der Waals surface area contributed by atoms with Gasteiger partial charge >= 0.3 is 11.9 Å². The van der Waals surface area contributed by atoms with E-state index in [0.717, 1.165) is 57.8 Å². The fraction of sp³-hybridized carbons (Fsp3) is 0.686. The number of carbonyl (C=O) groups excluding carboxylic acids is 2. The van der Waals surface area contributed by atoms with Crippen LogP contribution in [0.4, 0.5) is 0 Å². The zero-order valence-corrected chi connectivity index (χ0v) is 39.9. The Labute approximate surface area is 386 Å². The molecule has 1 aliphatic rings. The molecule has 4 N–H and O–H groups in total. The summed E-state index contributed by atoms with van der Waals surface area (Å²) < 4.78 is 54.0. The molecule has 0 aromatic heterocycles. The monoisotopic (exact) mass is 921 g/mol. The summed E-state index contributed by atoms with van der Waals surface area (Å²) in [7, 11) is -4.62. The first-order valence-electron chi connectivity index (χ1n) is 24.1. The van der Waals surface area contributed by atoms with Crippen molar-refractivity contribution in [3.63, 3.8) is 0 Å². The van der Waals surface area contributed by atoms with E-state index in [1.807, 2.05) is 12.2 Å². The fourth-order valence-electron chi connectivity index (χ4n) is 6.67. The van der Waals surface area contributed by atoms with Crippen molar-refractivity contribution in [1.82, 2.24) is 0 Å². The van der Waals surface area contributed by atoms with E-state index in [4.69, 9.17) is 18.9 Å². The van der Waals surface area contributed by atoms with E-state index in [0.29, 0.717) is 19.3 Å². The second kappa shape index (κ2) is 40.1. The van der Waals surface area contributed by atoms with Gasteiger partial charge in [-0.3, -0.25) is 14.1 Å². The summed E-state index contributed by atoms with van der Waals surface area (Å²) in [6.07, 6.45) is 43.5. The third-order valence-corrected chi connectivity index (χ3v) is 11.2. The highest BCUT2D eigenvalue weighted by Gasteiger charge is 2.46. The van der Waals surface area contributed by atoms with Crippen LogP contribution in [0.3, 0.4) is 0 Å². The van der Waals surface area contributed by atoms with Crippen LogP contribution in [0, 0.1) is 0 Å². The lowest BCUT2D eigenvalue weighted by Gasteiger charge is -2.40. The van der Waals surface area contributed by atoms with Crippen molar-refractivity contribution in [2.45, 2.75) is 205 Å². The molecule has 12 nitrogen and oxygen atoms in total. The quantitative estimate of drug-likeness (QED) is 0.0198. The van der Waals surface area contributed by atoms with Gasteiger partial charge in [0.25, 0.3) is 10.1 Å². The van der Waals surface area contributed by atoms with Crippen LogP contribution in [0.2, 0.25) is 0 Å². The number of hydrogen-bond acceptors (Lipinski definition) is 11. The fourth-order valence-corrected chi connectivity index (χ4v) is 7.37. The summed E-state index contributed by atoms with van der Waals surface area (Å²) in [5.41, 5.74) is 0. The van der Waals surface area contributed by atoms with Crippen molar-refractivity contribution in [3.05, 3.63) is 85.1 Å². The summed E-state index contributed by atoms with van der Waals surface area (Å²) >= 11 is 0. The number of hydrogen-bond donors (Lipinski definition) is 4. The number of rotatable bonds is 39. The van der Waals surface area contributed by atoms with Crippen LogP contribution in [0.15, 0.2) is 85.1 Å². The molecule has 6 atom stereocenters. The lowest BCUT2D eigenvalue weighted by Crippen LogP contribution is -2.60. The summed E-state index contributed by atoms with van der Waals surface area (Å²) in [4.78, 5) is 25.4. The molecule has 0 aromatic carbocycles. The van der Waals surface area contributed by atoms with Crippen LogP contribution >= 0.6 is 0 Å². The molecule has 0 bridgehead atoms. The zero-order chi connectivity index (χ0) is 46.9. The summed E-state index contributed by atoms with van der Waals surface area (Å²) in [5, 5.41) is 30.9. The molecule has 1 heterocycles. The molecule has 0 aromatic rings.